The number of anilines is 1. The lowest BCUT2D eigenvalue weighted by molar-refractivity contribution is -0.117. The number of nitrogens with zero attached hydrogens (tertiary/aromatic N) is 1. The van der Waals surface area contributed by atoms with E-state index >= 15 is 0 Å². The molecule has 0 aliphatic heterocycles. The minimum absolute atomic E-state index is 0.291. The highest BCUT2D eigenvalue weighted by molar-refractivity contribution is 6.31. The van der Waals surface area contributed by atoms with Gasteiger partial charge in [-0.25, -0.2) is 0 Å². The molecule has 0 saturated carbocycles. The third-order valence-corrected chi connectivity index (χ3v) is 4.00. The molecule has 4 nitrogen and oxygen atoms in total. The first kappa shape index (κ1) is 19.6. The fourth-order valence-electron chi connectivity index (χ4n) is 2.51. The Kier molecular flexibility index (Phi) is 6.89. The molecule has 0 saturated heterocycles. The van der Waals surface area contributed by atoms with Crippen molar-refractivity contribution in [3.63, 3.8) is 0 Å². The molecule has 134 valence electrons. The van der Waals surface area contributed by atoms with Gasteiger partial charge in [0.2, 0.25) is 5.91 Å². The average Bonchev–Trinajstić information content (AvgIpc) is 2.60. The quantitative estimate of drug-likeness (QED) is 0.699. The summed E-state index contributed by atoms with van der Waals surface area (Å²) in [5.74, 6) is -0.291. The largest absolute Gasteiger partial charge is 0.325 e. The highest BCUT2D eigenvalue weighted by atomic mass is 35.5. The molecule has 1 amide bonds. The van der Waals surface area contributed by atoms with Gasteiger partial charge in [-0.2, -0.15) is 0 Å². The Morgan fingerprint density at radius 2 is 2.08 bits per heavy atom. The normalized spacial score (nSPS) is 12.3. The van der Waals surface area contributed by atoms with Crippen molar-refractivity contribution < 1.29 is 4.79 Å². The maximum atomic E-state index is 12.4. The van der Waals surface area contributed by atoms with Crippen molar-refractivity contribution in [3.8, 4) is 11.1 Å². The second-order valence-electron chi connectivity index (χ2n) is 5.90. The zero-order valence-electron chi connectivity index (χ0n) is 14.7. The molecular formula is C21H22ClN3O. The topological polar surface area (TPSA) is 68.0 Å². The highest BCUT2D eigenvalue weighted by Crippen LogP contribution is 2.27. The lowest BCUT2D eigenvalue weighted by atomic mass is 10.0. The molecule has 2 aromatic rings. The van der Waals surface area contributed by atoms with E-state index in [1.54, 1.807) is 30.5 Å². The third-order valence-electron chi connectivity index (χ3n) is 3.78. The third kappa shape index (κ3) is 5.41. The van der Waals surface area contributed by atoms with Gasteiger partial charge in [-0.05, 0) is 60.4 Å². The monoisotopic (exact) mass is 367 g/mol. The summed E-state index contributed by atoms with van der Waals surface area (Å²) in [6.45, 7) is 9.27. The van der Waals surface area contributed by atoms with E-state index < -0.39 is 6.04 Å². The van der Waals surface area contributed by atoms with Crippen LogP contribution in [-0.2, 0) is 4.79 Å². The van der Waals surface area contributed by atoms with Gasteiger partial charge < -0.3 is 11.1 Å². The van der Waals surface area contributed by atoms with E-state index in [0.29, 0.717) is 17.1 Å². The van der Waals surface area contributed by atoms with Crippen LogP contribution in [0.25, 0.3) is 11.1 Å². The number of carbonyl (C=O) groups is 1. The van der Waals surface area contributed by atoms with Crippen LogP contribution >= 0.6 is 11.6 Å². The Morgan fingerprint density at radius 1 is 1.31 bits per heavy atom. The summed E-state index contributed by atoms with van der Waals surface area (Å²) in [7, 11) is 0. The van der Waals surface area contributed by atoms with Crippen LogP contribution in [0.2, 0.25) is 5.02 Å². The van der Waals surface area contributed by atoms with Gasteiger partial charge >= 0.3 is 0 Å². The lowest BCUT2D eigenvalue weighted by Gasteiger charge is -2.14. The summed E-state index contributed by atoms with van der Waals surface area (Å²) in [6.07, 6.45) is 7.20. The maximum Gasteiger partial charge on any atom is 0.241 e. The number of pyridine rings is 1. The van der Waals surface area contributed by atoms with Crippen LogP contribution < -0.4 is 11.1 Å². The van der Waals surface area contributed by atoms with Gasteiger partial charge in [0.15, 0.2) is 0 Å². The van der Waals surface area contributed by atoms with Gasteiger partial charge in [-0.1, -0.05) is 43.0 Å². The summed E-state index contributed by atoms with van der Waals surface area (Å²) in [5, 5.41) is 3.35. The molecule has 0 aliphatic carbocycles. The van der Waals surface area contributed by atoms with E-state index in [4.69, 9.17) is 17.3 Å². The van der Waals surface area contributed by atoms with Crippen LogP contribution in [0.1, 0.15) is 12.1 Å². The minimum Gasteiger partial charge on any atom is -0.325 e. The molecule has 0 spiro atoms. The molecule has 1 aromatic heterocycles. The smallest absolute Gasteiger partial charge is 0.241 e. The number of hydrogen-bond acceptors (Lipinski definition) is 3. The Labute approximate surface area is 159 Å². The standard InChI is InChI=1S/C21H22ClN3O/c1-4-6-15(5-2)10-20(23)21(26)25-19-12-17(11-18(22)13-19)16-7-8-24-14(3)9-16/h4-9,11-13,20H,1-2,10,23H2,3H3,(H,25,26)/b15-6+. The molecule has 0 fully saturated rings. The van der Waals surface area contributed by atoms with Crippen LogP contribution in [0.4, 0.5) is 5.69 Å². The predicted molar refractivity (Wildman–Crippen MR) is 109 cm³/mol. The molecule has 0 bridgehead atoms. The van der Waals surface area contributed by atoms with Crippen molar-refractivity contribution in [1.82, 2.24) is 4.98 Å². The second-order valence-corrected chi connectivity index (χ2v) is 6.33. The van der Waals surface area contributed by atoms with E-state index in [1.165, 1.54) is 0 Å². The molecule has 26 heavy (non-hydrogen) atoms. The zero-order chi connectivity index (χ0) is 19.1. The van der Waals surface area contributed by atoms with Crippen LogP contribution in [0.15, 0.2) is 73.5 Å². The first-order chi connectivity index (χ1) is 12.4. The summed E-state index contributed by atoms with van der Waals surface area (Å²) < 4.78 is 0. The molecular weight excluding hydrogens is 346 g/mol. The molecule has 5 heteroatoms. The van der Waals surface area contributed by atoms with Crippen molar-refractivity contribution in [1.29, 1.82) is 0 Å². The first-order valence-electron chi connectivity index (χ1n) is 8.17. The number of nitrogens with one attached hydrogen (secondary N) is 1. The molecule has 1 heterocycles. The summed E-state index contributed by atoms with van der Waals surface area (Å²) in [5.41, 5.74) is 10.2. The Balaban J connectivity index is 2.19. The van der Waals surface area contributed by atoms with Gasteiger partial charge in [0.1, 0.15) is 0 Å². The van der Waals surface area contributed by atoms with E-state index in [9.17, 15) is 4.79 Å². The highest BCUT2D eigenvalue weighted by Gasteiger charge is 2.15. The van der Waals surface area contributed by atoms with Crippen molar-refractivity contribution >= 4 is 23.2 Å². The molecule has 1 atom stereocenters. The fraction of sp³-hybridized carbons (Fsp3) is 0.143. The van der Waals surface area contributed by atoms with E-state index in [2.05, 4.69) is 23.5 Å². The summed E-state index contributed by atoms with van der Waals surface area (Å²) in [6, 6.07) is 8.54. The molecule has 1 aromatic carbocycles. The number of nitrogens with two attached hydrogens (primary N) is 1. The number of aryl methyl sites for hydroxylation is 1. The Bertz CT molecular complexity index is 858. The summed E-state index contributed by atoms with van der Waals surface area (Å²) >= 11 is 6.22. The first-order valence-corrected chi connectivity index (χ1v) is 8.55. The van der Waals surface area contributed by atoms with Crippen LogP contribution in [0.5, 0.6) is 0 Å². The number of rotatable bonds is 7. The Morgan fingerprint density at radius 3 is 2.73 bits per heavy atom. The number of amides is 1. The number of halogens is 1. The van der Waals surface area contributed by atoms with Gasteiger partial charge in [0, 0.05) is 22.6 Å². The number of benzene rings is 1. The Hall–Kier alpha value is -2.69. The van der Waals surface area contributed by atoms with Crippen molar-refractivity contribution in [2.75, 3.05) is 5.32 Å². The number of hydrogen-bond donors (Lipinski definition) is 2. The SMILES string of the molecule is C=C/C=C(\C=C)CC(N)C(=O)Nc1cc(Cl)cc(-c2ccnc(C)c2)c1. The second kappa shape index (κ2) is 9.13. The van der Waals surface area contributed by atoms with Gasteiger partial charge in [0.25, 0.3) is 0 Å². The van der Waals surface area contributed by atoms with Gasteiger partial charge in [0.05, 0.1) is 6.04 Å². The van der Waals surface area contributed by atoms with Crippen LogP contribution in [-0.4, -0.2) is 16.9 Å². The van der Waals surface area contributed by atoms with Gasteiger partial charge in [-0.15, -0.1) is 0 Å². The number of allylic oxidation sites excluding steroid dienone is 3. The van der Waals surface area contributed by atoms with Crippen LogP contribution in [0, 0.1) is 6.92 Å². The van der Waals surface area contributed by atoms with Gasteiger partial charge in [-0.3, -0.25) is 9.78 Å². The number of aromatic nitrogens is 1. The fourth-order valence-corrected chi connectivity index (χ4v) is 2.74. The van der Waals surface area contributed by atoms with Crippen molar-refractivity contribution in [2.45, 2.75) is 19.4 Å². The maximum absolute atomic E-state index is 12.4. The molecule has 1 unspecified atom stereocenters. The molecule has 0 aliphatic rings. The van der Waals surface area contributed by atoms with E-state index in [1.807, 2.05) is 31.2 Å². The number of carbonyl (C=O) groups excluding carboxylic acids is 1. The lowest BCUT2D eigenvalue weighted by Crippen LogP contribution is -2.35. The van der Waals surface area contributed by atoms with Crippen molar-refractivity contribution in [2.24, 2.45) is 5.73 Å². The van der Waals surface area contributed by atoms with E-state index in [-0.39, 0.29) is 5.91 Å². The van der Waals surface area contributed by atoms with Crippen molar-refractivity contribution in [3.05, 3.63) is 84.2 Å². The molecule has 3 N–H and O–H groups in total. The average molecular weight is 368 g/mol. The summed E-state index contributed by atoms with van der Waals surface area (Å²) in [4.78, 5) is 16.6. The zero-order valence-corrected chi connectivity index (χ0v) is 15.5. The minimum atomic E-state index is -0.704. The van der Waals surface area contributed by atoms with E-state index in [0.717, 1.165) is 22.4 Å². The molecule has 2 rings (SSSR count). The van der Waals surface area contributed by atoms with Crippen LogP contribution in [0.3, 0.4) is 0 Å². The molecule has 0 radical (unpaired) electrons. The predicted octanol–water partition coefficient (Wildman–Crippen LogP) is 4.66.